The second kappa shape index (κ2) is 17.4. The first kappa shape index (κ1) is 46.9. The van der Waals surface area contributed by atoms with E-state index in [4.69, 9.17) is 9.72 Å². The summed E-state index contributed by atoms with van der Waals surface area (Å²) >= 11 is 0. The molecule has 5 nitrogen and oxygen atoms in total. The largest absolute Gasteiger partial charge is 0.509 e. The molecule has 5 aromatic carbocycles. The summed E-state index contributed by atoms with van der Waals surface area (Å²) in [6.45, 7) is 34.5. The second-order valence-electron chi connectivity index (χ2n) is 22.0. The van der Waals surface area contributed by atoms with Crippen molar-refractivity contribution in [2.24, 2.45) is 16.7 Å². The van der Waals surface area contributed by atoms with Gasteiger partial charge < -0.3 is 19.1 Å². The summed E-state index contributed by atoms with van der Waals surface area (Å²) in [4.78, 5) is 9.72. The standard InChI is InChI=1S/C58H65N4O.Pt/c1-38(2)28-39-29-43(56(6,7)8)33-44(30-39)60-37-61(54(58(12,13)14)53(60)57(9,10)11)45-31-41(40-20-16-15-17-21-40)32-47(35-45)63-46-24-25-49-48-22-18-19-23-50(48)62(51(49)36-46)52-34-42(26-27-59-52)55(3,4)5;/h15-27,29-34,37-38H,28H2,1-14H3;/q-3;. The van der Waals surface area contributed by atoms with Gasteiger partial charge in [0.2, 0.25) is 0 Å². The van der Waals surface area contributed by atoms with Crippen molar-refractivity contribution >= 4 is 33.2 Å². The molecule has 6 heteroatoms. The molecule has 7 aromatic rings. The number of ether oxygens (including phenoxy) is 1. The van der Waals surface area contributed by atoms with Gasteiger partial charge in [-0.2, -0.15) is 6.07 Å². The van der Waals surface area contributed by atoms with E-state index in [9.17, 15) is 0 Å². The Morgan fingerprint density at radius 1 is 0.594 bits per heavy atom. The average Bonchev–Trinajstić information content (AvgIpc) is 3.78. The summed E-state index contributed by atoms with van der Waals surface area (Å²) in [5.41, 5.74) is 12.2. The Bertz CT molecular complexity index is 2840. The predicted octanol–water partition coefficient (Wildman–Crippen LogP) is 15.8. The molecule has 0 unspecified atom stereocenters. The van der Waals surface area contributed by atoms with Gasteiger partial charge in [0.25, 0.3) is 0 Å². The molecule has 2 aromatic heterocycles. The van der Waals surface area contributed by atoms with E-state index in [2.05, 4.69) is 233 Å². The third-order valence-corrected chi connectivity index (χ3v) is 11.9. The maximum absolute atomic E-state index is 6.93. The number of benzene rings is 5. The van der Waals surface area contributed by atoms with Crippen LogP contribution in [-0.2, 0) is 38.3 Å². The molecule has 0 fully saturated rings. The van der Waals surface area contributed by atoms with E-state index in [-0.39, 0.29) is 42.7 Å². The third-order valence-electron chi connectivity index (χ3n) is 11.9. The summed E-state index contributed by atoms with van der Waals surface area (Å²) in [6.07, 6.45) is 2.93. The van der Waals surface area contributed by atoms with Crippen LogP contribution in [0.25, 0.3) is 38.8 Å². The first-order chi connectivity index (χ1) is 29.6. The number of aromatic nitrogens is 2. The van der Waals surface area contributed by atoms with Crippen molar-refractivity contribution in [2.45, 2.75) is 114 Å². The van der Waals surface area contributed by atoms with Gasteiger partial charge in [0.1, 0.15) is 5.82 Å². The number of rotatable bonds is 8. The Hall–Kier alpha value is -5.12. The molecule has 3 heterocycles. The molecule has 0 saturated heterocycles. The summed E-state index contributed by atoms with van der Waals surface area (Å²) in [7, 11) is 0. The molecule has 0 spiro atoms. The predicted molar refractivity (Wildman–Crippen MR) is 266 cm³/mol. The first-order valence-corrected chi connectivity index (χ1v) is 22.6. The Kier molecular flexibility index (Phi) is 12.7. The van der Waals surface area contributed by atoms with Crippen molar-refractivity contribution in [3.8, 4) is 28.4 Å². The van der Waals surface area contributed by atoms with Crippen LogP contribution in [0.3, 0.4) is 0 Å². The number of hydrogen-bond donors (Lipinski definition) is 0. The zero-order chi connectivity index (χ0) is 45.2. The summed E-state index contributed by atoms with van der Waals surface area (Å²) < 4.78 is 9.14. The molecular formula is C58H65N4OPt-3. The van der Waals surface area contributed by atoms with Crippen molar-refractivity contribution in [2.75, 3.05) is 9.80 Å². The van der Waals surface area contributed by atoms with E-state index >= 15 is 0 Å². The van der Waals surface area contributed by atoms with Crippen LogP contribution in [-0.4, -0.2) is 9.55 Å². The van der Waals surface area contributed by atoms with Gasteiger partial charge >= 0.3 is 0 Å². The average molecular weight is 1030 g/mol. The minimum Gasteiger partial charge on any atom is -0.509 e. The van der Waals surface area contributed by atoms with E-state index in [1.165, 1.54) is 33.8 Å². The van der Waals surface area contributed by atoms with Crippen LogP contribution >= 0.6 is 0 Å². The second-order valence-corrected chi connectivity index (χ2v) is 22.0. The zero-order valence-electron chi connectivity index (χ0n) is 40.3. The van der Waals surface area contributed by atoms with E-state index in [0.717, 1.165) is 50.9 Å². The molecule has 8 rings (SSSR count). The molecule has 0 N–H and O–H groups in total. The van der Waals surface area contributed by atoms with Crippen molar-refractivity contribution < 1.29 is 25.8 Å². The normalized spacial score (nSPS) is 14.0. The van der Waals surface area contributed by atoms with Gasteiger partial charge in [0, 0.05) is 72.2 Å². The molecule has 1 aliphatic heterocycles. The van der Waals surface area contributed by atoms with Crippen molar-refractivity contribution in [3.05, 3.63) is 162 Å². The van der Waals surface area contributed by atoms with E-state index in [1.54, 1.807) is 0 Å². The van der Waals surface area contributed by atoms with Crippen LogP contribution in [0, 0.1) is 35.5 Å². The van der Waals surface area contributed by atoms with Gasteiger partial charge in [-0.05, 0) is 81.1 Å². The molecule has 0 bridgehead atoms. The maximum atomic E-state index is 6.93. The van der Waals surface area contributed by atoms with Crippen LogP contribution in [0.5, 0.6) is 11.5 Å². The zero-order valence-corrected chi connectivity index (χ0v) is 42.6. The van der Waals surface area contributed by atoms with Crippen LogP contribution < -0.4 is 14.5 Å². The molecule has 0 radical (unpaired) electrons. The Morgan fingerprint density at radius 2 is 1.25 bits per heavy atom. The molecule has 0 atom stereocenters. The monoisotopic (exact) mass is 1030 g/mol. The SMILES string of the molecule is CC(C)Cc1cc(N2[CH-]N(c3[c-]c(Oc4[c-]c5c(cc4)c4ccccc4n5-c4cc(C(C)(C)C)ccn4)cc(-c4ccccc4)c3)C(C(C)(C)C)=C2C(C)(C)C)cc(C(C)(C)C)c1.[Pt]. The number of anilines is 2. The molecule has 0 saturated carbocycles. The number of pyridine rings is 1. The summed E-state index contributed by atoms with van der Waals surface area (Å²) in [6, 6.07) is 46.6. The molecule has 0 amide bonds. The van der Waals surface area contributed by atoms with Gasteiger partial charge in [0.05, 0.1) is 0 Å². The fourth-order valence-electron chi connectivity index (χ4n) is 8.91. The van der Waals surface area contributed by atoms with Crippen molar-refractivity contribution in [1.29, 1.82) is 0 Å². The minimum atomic E-state index is -0.224. The van der Waals surface area contributed by atoms with E-state index < -0.39 is 0 Å². The van der Waals surface area contributed by atoms with Crippen LogP contribution in [0.4, 0.5) is 11.4 Å². The van der Waals surface area contributed by atoms with Gasteiger partial charge in [-0.1, -0.05) is 157 Å². The summed E-state index contributed by atoms with van der Waals surface area (Å²) in [5, 5.41) is 2.24. The quantitative estimate of drug-likeness (QED) is 0.142. The first-order valence-electron chi connectivity index (χ1n) is 22.6. The molecule has 336 valence electrons. The van der Waals surface area contributed by atoms with Gasteiger partial charge in [-0.15, -0.1) is 53.6 Å². The van der Waals surface area contributed by atoms with Gasteiger partial charge in [-0.25, -0.2) is 4.98 Å². The number of nitrogens with zero attached hydrogens (tertiary/aromatic N) is 4. The molecule has 64 heavy (non-hydrogen) atoms. The minimum absolute atomic E-state index is 0. The summed E-state index contributed by atoms with van der Waals surface area (Å²) in [5.74, 6) is 2.62. The van der Waals surface area contributed by atoms with Crippen LogP contribution in [0.15, 0.2) is 127 Å². The number of hydrogen-bond acceptors (Lipinski definition) is 4. The van der Waals surface area contributed by atoms with Gasteiger partial charge in [-0.3, -0.25) is 0 Å². The number of allylic oxidation sites excluding steroid dienone is 2. The smallest absolute Gasteiger partial charge is 0.135 e. The third kappa shape index (κ3) is 9.48. The van der Waals surface area contributed by atoms with Gasteiger partial charge in [0.15, 0.2) is 0 Å². The maximum Gasteiger partial charge on any atom is 0.135 e. The van der Waals surface area contributed by atoms with E-state index in [1.807, 2.05) is 12.3 Å². The molecule has 1 aliphatic rings. The van der Waals surface area contributed by atoms with Crippen molar-refractivity contribution in [3.63, 3.8) is 0 Å². The molecule has 0 aliphatic carbocycles. The van der Waals surface area contributed by atoms with Crippen molar-refractivity contribution in [1.82, 2.24) is 9.55 Å². The Balaban J connectivity index is 0.00000612. The fraction of sp³-hybridized carbons (Fsp3) is 0.345. The van der Waals surface area contributed by atoms with Crippen LogP contribution in [0.2, 0.25) is 0 Å². The number of para-hydroxylation sites is 1. The fourth-order valence-corrected chi connectivity index (χ4v) is 8.91. The van der Waals surface area contributed by atoms with Crippen LogP contribution in [0.1, 0.15) is 114 Å². The van der Waals surface area contributed by atoms with E-state index in [0.29, 0.717) is 17.4 Å². The topological polar surface area (TPSA) is 33.5 Å². The number of fused-ring (bicyclic) bond motifs is 3. The molecular weight excluding hydrogens is 964 g/mol. The Morgan fingerprint density at radius 3 is 1.91 bits per heavy atom. The Labute approximate surface area is 397 Å².